The average molecular weight is 1030 g/mol. The van der Waals surface area contributed by atoms with Gasteiger partial charge < -0.3 is 9.13 Å². The normalized spacial score (nSPS) is 12.1. The Kier molecular flexibility index (Phi) is 11.5. The van der Waals surface area contributed by atoms with Crippen LogP contribution >= 0.6 is 0 Å². The minimum Gasteiger partial charge on any atom is -0.309 e. The van der Waals surface area contributed by atoms with Crippen molar-refractivity contribution in [1.29, 1.82) is 0 Å². The number of hydrogen-bond acceptors (Lipinski definition) is 3. The summed E-state index contributed by atoms with van der Waals surface area (Å²) in [5.74, 6) is 1.19. The summed E-state index contributed by atoms with van der Waals surface area (Å²) in [5, 5.41) is 3.72. The molecule has 0 N–H and O–H groups in total. The molecule has 10 aromatic carbocycles. The predicted molar refractivity (Wildman–Crippen MR) is 301 cm³/mol. The van der Waals surface area contributed by atoms with Crippen LogP contribution in [0.4, 0.5) is 26.3 Å². The lowest BCUT2D eigenvalue weighted by atomic mass is 9.97. The number of alkyl halides is 6. The van der Waals surface area contributed by atoms with Crippen molar-refractivity contribution < 1.29 is 26.3 Å². The van der Waals surface area contributed by atoms with E-state index in [1.165, 1.54) is 0 Å². The van der Waals surface area contributed by atoms with Crippen LogP contribution in [0.15, 0.2) is 224 Å². The summed E-state index contributed by atoms with van der Waals surface area (Å²) >= 11 is 0. The third-order valence-electron chi connectivity index (χ3n) is 14.4. The third kappa shape index (κ3) is 8.63. The Bertz CT molecular complexity index is 4370. The first-order valence-electron chi connectivity index (χ1n) is 25.3. The maximum atomic E-state index is 14.4. The summed E-state index contributed by atoms with van der Waals surface area (Å²) in [6.45, 7) is 4.08. The Balaban J connectivity index is 1.12. The summed E-state index contributed by atoms with van der Waals surface area (Å²) in [5.41, 5.74) is 9.97. The topological polar surface area (TPSA) is 48.5 Å². The Morgan fingerprint density at radius 1 is 0.308 bits per heavy atom. The van der Waals surface area contributed by atoms with Gasteiger partial charge in [0.2, 0.25) is 0 Å². The van der Waals surface area contributed by atoms with Gasteiger partial charge in [0, 0.05) is 43.9 Å². The van der Waals surface area contributed by atoms with Crippen LogP contribution in [0.25, 0.3) is 123 Å². The van der Waals surface area contributed by atoms with Crippen molar-refractivity contribution in [3.63, 3.8) is 0 Å². The van der Waals surface area contributed by atoms with Gasteiger partial charge in [-0.15, -0.1) is 0 Å². The zero-order valence-corrected chi connectivity index (χ0v) is 41.9. The smallest absolute Gasteiger partial charge is 0.309 e. The molecule has 0 aliphatic carbocycles. The van der Waals surface area contributed by atoms with Crippen molar-refractivity contribution in [3.05, 3.63) is 247 Å². The number of benzene rings is 10. The van der Waals surface area contributed by atoms with Gasteiger partial charge in [0.05, 0.1) is 38.9 Å². The minimum atomic E-state index is -5.04. The molecule has 11 heteroatoms. The zero-order valence-electron chi connectivity index (χ0n) is 41.9. The van der Waals surface area contributed by atoms with E-state index >= 15 is 0 Å². The van der Waals surface area contributed by atoms with Crippen LogP contribution in [0, 0.1) is 13.8 Å². The molecule has 3 aromatic heterocycles. The lowest BCUT2D eigenvalue weighted by Crippen LogP contribution is -2.11. The molecule has 0 saturated heterocycles. The van der Waals surface area contributed by atoms with Gasteiger partial charge in [0.15, 0.2) is 17.5 Å². The summed E-state index contributed by atoms with van der Waals surface area (Å²) in [7, 11) is 0. The Morgan fingerprint density at radius 3 is 1.24 bits per heavy atom. The molecule has 0 aliphatic rings. The van der Waals surface area contributed by atoms with Crippen LogP contribution in [0.3, 0.4) is 0 Å². The number of para-hydroxylation sites is 2. The van der Waals surface area contributed by atoms with Crippen LogP contribution in [0.5, 0.6) is 0 Å². The number of aromatic nitrogens is 5. The second kappa shape index (κ2) is 18.6. The second-order valence-electron chi connectivity index (χ2n) is 19.7. The van der Waals surface area contributed by atoms with Crippen LogP contribution in [0.2, 0.25) is 0 Å². The standard InChI is InChI=1S/C67H43F6N5/c1-40-30-41(2)32-48(31-40)46-23-27-55-56-28-24-47(49-33-50(66(68,69)70)39-51(34-49)67(71,72)73)38-62(56)78(61(55)37-46)59-29-25-44(45-22-26-54-53-20-12-13-21-58(53)77(60(54)36-45)52-18-10-5-11-19-52)35-57(59)65-75-63(42-14-6-3-7-15-42)74-64(76-65)43-16-8-4-9-17-43/h3-39H,1-2H3. The molecule has 0 spiro atoms. The van der Waals surface area contributed by atoms with Gasteiger partial charge in [-0.3, -0.25) is 0 Å². The molecule has 378 valence electrons. The highest BCUT2D eigenvalue weighted by molar-refractivity contribution is 6.12. The van der Waals surface area contributed by atoms with Crippen molar-refractivity contribution in [3.8, 4) is 78.9 Å². The molecule has 0 saturated carbocycles. The molecule has 0 radical (unpaired) electrons. The molecule has 78 heavy (non-hydrogen) atoms. The summed E-state index contributed by atoms with van der Waals surface area (Å²) in [6.07, 6.45) is -10.1. The largest absolute Gasteiger partial charge is 0.416 e. The molecule has 0 amide bonds. The number of halogens is 6. The highest BCUT2D eigenvalue weighted by Gasteiger charge is 2.37. The highest BCUT2D eigenvalue weighted by Crippen LogP contribution is 2.44. The Labute approximate surface area is 444 Å². The van der Waals surface area contributed by atoms with E-state index in [1.54, 1.807) is 18.2 Å². The van der Waals surface area contributed by atoms with Crippen LogP contribution in [-0.2, 0) is 12.4 Å². The van der Waals surface area contributed by atoms with Crippen molar-refractivity contribution in [2.24, 2.45) is 0 Å². The quantitative estimate of drug-likeness (QED) is 0.143. The summed E-state index contributed by atoms with van der Waals surface area (Å²) in [4.78, 5) is 15.5. The molecule has 3 heterocycles. The molecule has 13 rings (SSSR count). The maximum absolute atomic E-state index is 14.4. The SMILES string of the molecule is Cc1cc(C)cc(-c2ccc3c4ccc(-c5cc(C(F)(F)F)cc(C(F)(F)F)c5)cc4n(-c4ccc(-c5ccc6c7ccccc7n(-c7ccccc7)c6c5)cc4-c4nc(-c5ccccc5)nc(-c5ccccc5)n4)c3c2)c1. The van der Waals surface area contributed by atoms with Gasteiger partial charge in [0.1, 0.15) is 0 Å². The third-order valence-corrected chi connectivity index (χ3v) is 14.4. The first-order valence-corrected chi connectivity index (χ1v) is 25.3. The zero-order chi connectivity index (χ0) is 53.5. The van der Waals surface area contributed by atoms with Gasteiger partial charge in [-0.25, -0.2) is 15.0 Å². The van der Waals surface area contributed by atoms with Crippen molar-refractivity contribution in [1.82, 2.24) is 24.1 Å². The molecule has 0 bridgehead atoms. The van der Waals surface area contributed by atoms with E-state index in [1.807, 2.05) is 134 Å². The fourth-order valence-electron chi connectivity index (χ4n) is 10.9. The highest BCUT2D eigenvalue weighted by atomic mass is 19.4. The van der Waals surface area contributed by atoms with E-state index in [9.17, 15) is 26.3 Å². The van der Waals surface area contributed by atoms with Gasteiger partial charge >= 0.3 is 12.4 Å². The van der Waals surface area contributed by atoms with Gasteiger partial charge in [-0.2, -0.15) is 26.3 Å². The fourth-order valence-corrected chi connectivity index (χ4v) is 10.9. The monoisotopic (exact) mass is 1030 g/mol. The maximum Gasteiger partial charge on any atom is 0.416 e. The molecule has 13 aromatic rings. The average Bonchev–Trinajstić information content (AvgIpc) is 4.20. The predicted octanol–water partition coefficient (Wildman–Crippen LogP) is 18.7. The van der Waals surface area contributed by atoms with E-state index < -0.39 is 23.5 Å². The van der Waals surface area contributed by atoms with E-state index in [4.69, 9.17) is 15.0 Å². The Hall–Kier alpha value is -9.61. The van der Waals surface area contributed by atoms with Crippen LogP contribution in [0.1, 0.15) is 22.3 Å². The number of aryl methyl sites for hydroxylation is 2. The molecule has 0 atom stereocenters. The molecular weight excluding hydrogens is 989 g/mol. The number of nitrogens with zero attached hydrogens (tertiary/aromatic N) is 5. The minimum absolute atomic E-state index is 0.155. The van der Waals surface area contributed by atoms with E-state index in [0.29, 0.717) is 34.2 Å². The molecule has 0 aliphatic heterocycles. The molecular formula is C67H43F6N5. The number of hydrogen-bond donors (Lipinski definition) is 0. The summed E-state index contributed by atoms with van der Waals surface area (Å²) in [6, 6.07) is 69.5. The van der Waals surface area contributed by atoms with E-state index in [-0.39, 0.29) is 17.2 Å². The van der Waals surface area contributed by atoms with Gasteiger partial charge in [-0.1, -0.05) is 169 Å². The molecule has 5 nitrogen and oxygen atoms in total. The lowest BCUT2D eigenvalue weighted by molar-refractivity contribution is -0.143. The van der Waals surface area contributed by atoms with Crippen molar-refractivity contribution in [2.75, 3.05) is 0 Å². The van der Waals surface area contributed by atoms with Crippen LogP contribution in [-0.4, -0.2) is 24.1 Å². The first kappa shape index (κ1) is 48.1. The number of fused-ring (bicyclic) bond motifs is 6. The van der Waals surface area contributed by atoms with Crippen molar-refractivity contribution in [2.45, 2.75) is 26.2 Å². The van der Waals surface area contributed by atoms with Crippen LogP contribution < -0.4 is 0 Å². The summed E-state index contributed by atoms with van der Waals surface area (Å²) < 4.78 is 90.8. The van der Waals surface area contributed by atoms with Gasteiger partial charge in [-0.05, 0) is 114 Å². The Morgan fingerprint density at radius 2 is 0.718 bits per heavy atom. The first-order chi connectivity index (χ1) is 37.7. The fraction of sp³-hybridized carbons (Fsp3) is 0.0597. The lowest BCUT2D eigenvalue weighted by Gasteiger charge is -2.17. The van der Waals surface area contributed by atoms with E-state index in [2.05, 4.69) is 77.4 Å². The molecule has 0 unspecified atom stereocenters. The number of rotatable bonds is 8. The molecule has 0 fully saturated rings. The second-order valence-corrected chi connectivity index (χ2v) is 19.7. The van der Waals surface area contributed by atoms with E-state index in [0.717, 1.165) is 100 Å². The van der Waals surface area contributed by atoms with Crippen molar-refractivity contribution >= 4 is 43.6 Å². The van der Waals surface area contributed by atoms with Gasteiger partial charge in [0.25, 0.3) is 0 Å².